The number of nitroso groups, excluding NO2 is 1. The minimum atomic E-state index is -4.85. The van der Waals surface area contributed by atoms with E-state index in [-0.39, 0.29) is 21.6 Å². The first kappa shape index (κ1) is 27.6. The third-order valence-corrected chi connectivity index (χ3v) is 6.45. The van der Waals surface area contributed by atoms with Gasteiger partial charge in [0.25, 0.3) is 0 Å². The Morgan fingerprint density at radius 2 is 1.85 bits per heavy atom. The molecule has 4 nitrogen and oxygen atoms in total. The van der Waals surface area contributed by atoms with Gasteiger partial charge in [0.1, 0.15) is 5.75 Å². The molecule has 0 amide bonds. The third-order valence-electron chi connectivity index (χ3n) is 5.95. The van der Waals surface area contributed by atoms with E-state index in [0.717, 1.165) is 24.0 Å². The molecule has 0 N–H and O–H groups in total. The number of rotatable bonds is 6. The largest absolute Gasteiger partial charge is 0.573 e. The van der Waals surface area contributed by atoms with Gasteiger partial charge in [-0.3, -0.25) is 4.79 Å². The Balaban J connectivity index is 0.00000199. The van der Waals surface area contributed by atoms with E-state index in [0.29, 0.717) is 35.3 Å². The minimum Gasteiger partial charge on any atom is -0.405 e. The standard InChI is InChI=1S/C24H24F3NO3S.C2H6/c1-14-7-8-23(3,4)21-12-18(15(2)9-19(14)21)20-11-16(10-17(13-29)32-28-30)5-6-22(20)31-24(25,26)27;1-2/h5-6,9-14H,7-8H2,1-4H3;1-2H3/b17-10-;. The van der Waals surface area contributed by atoms with Crippen molar-refractivity contribution in [2.24, 2.45) is 4.58 Å². The maximum Gasteiger partial charge on any atom is 0.573 e. The Kier molecular flexibility index (Phi) is 9.11. The predicted octanol–water partition coefficient (Wildman–Crippen LogP) is 8.72. The molecule has 0 aliphatic heterocycles. The van der Waals surface area contributed by atoms with Gasteiger partial charge in [0.05, 0.1) is 16.9 Å². The molecule has 1 atom stereocenters. The van der Waals surface area contributed by atoms with E-state index in [9.17, 15) is 22.9 Å². The lowest BCUT2D eigenvalue weighted by molar-refractivity contribution is -0.274. The predicted molar refractivity (Wildman–Crippen MR) is 133 cm³/mol. The van der Waals surface area contributed by atoms with E-state index >= 15 is 0 Å². The number of carbonyl (C=O) groups is 1. The second-order valence-electron chi connectivity index (χ2n) is 8.71. The molecule has 1 unspecified atom stereocenters. The van der Waals surface area contributed by atoms with E-state index in [1.54, 1.807) is 0 Å². The van der Waals surface area contributed by atoms with Gasteiger partial charge < -0.3 is 4.74 Å². The minimum absolute atomic E-state index is 0.0487. The van der Waals surface area contributed by atoms with Crippen LogP contribution in [0.4, 0.5) is 13.2 Å². The van der Waals surface area contributed by atoms with Crippen LogP contribution in [-0.2, 0) is 10.2 Å². The molecule has 184 valence electrons. The molecule has 0 radical (unpaired) electrons. The van der Waals surface area contributed by atoms with Gasteiger partial charge in [-0.25, -0.2) is 0 Å². The summed E-state index contributed by atoms with van der Waals surface area (Å²) >= 11 is 0.460. The molecule has 1 aliphatic rings. The number of fused-ring (bicyclic) bond motifs is 1. The van der Waals surface area contributed by atoms with Crippen molar-refractivity contribution in [3.05, 3.63) is 62.4 Å². The number of carbonyl (C=O) groups excluding carboxylic acids is 1. The summed E-state index contributed by atoms with van der Waals surface area (Å²) in [4.78, 5) is 21.7. The Morgan fingerprint density at radius 1 is 1.18 bits per heavy atom. The molecule has 2 aromatic rings. The zero-order valence-corrected chi connectivity index (χ0v) is 21.1. The van der Waals surface area contributed by atoms with Gasteiger partial charge in [-0.2, -0.15) is 0 Å². The Labute approximate surface area is 203 Å². The summed E-state index contributed by atoms with van der Waals surface area (Å²) in [6, 6.07) is 8.18. The second-order valence-corrected chi connectivity index (χ2v) is 9.51. The summed E-state index contributed by atoms with van der Waals surface area (Å²) < 4.78 is 46.3. The van der Waals surface area contributed by atoms with Gasteiger partial charge in [0.2, 0.25) is 0 Å². The Morgan fingerprint density at radius 3 is 2.44 bits per heavy atom. The number of aldehydes is 1. The molecule has 34 heavy (non-hydrogen) atoms. The fourth-order valence-corrected chi connectivity index (χ4v) is 4.55. The number of hydrogen-bond acceptors (Lipinski definition) is 5. The highest BCUT2D eigenvalue weighted by molar-refractivity contribution is 8.02. The zero-order valence-electron chi connectivity index (χ0n) is 20.2. The first-order valence-corrected chi connectivity index (χ1v) is 11.9. The first-order valence-electron chi connectivity index (χ1n) is 11.2. The van der Waals surface area contributed by atoms with Crippen LogP contribution in [0, 0.1) is 11.8 Å². The summed E-state index contributed by atoms with van der Waals surface area (Å²) in [5.74, 6) is 0.0436. The molecule has 0 fully saturated rings. The Hall–Kier alpha value is -2.61. The normalized spacial score (nSPS) is 17.2. The van der Waals surface area contributed by atoms with Crippen molar-refractivity contribution in [1.29, 1.82) is 0 Å². The number of halogens is 3. The smallest absolute Gasteiger partial charge is 0.405 e. The van der Waals surface area contributed by atoms with Crippen LogP contribution in [0.2, 0.25) is 0 Å². The molecule has 0 saturated carbocycles. The van der Waals surface area contributed by atoms with Crippen molar-refractivity contribution in [1.82, 2.24) is 0 Å². The van der Waals surface area contributed by atoms with E-state index in [1.807, 2.05) is 26.8 Å². The highest BCUT2D eigenvalue weighted by Gasteiger charge is 2.34. The monoisotopic (exact) mass is 493 g/mol. The van der Waals surface area contributed by atoms with Crippen LogP contribution in [0.1, 0.15) is 75.6 Å². The van der Waals surface area contributed by atoms with Gasteiger partial charge >= 0.3 is 6.36 Å². The topological polar surface area (TPSA) is 55.7 Å². The average molecular weight is 494 g/mol. The molecular weight excluding hydrogens is 463 g/mol. The molecular formula is C26H30F3NO3S. The maximum absolute atomic E-state index is 13.1. The molecule has 3 rings (SSSR count). The molecule has 1 aliphatic carbocycles. The number of ether oxygens (including phenoxy) is 1. The van der Waals surface area contributed by atoms with Crippen molar-refractivity contribution < 1.29 is 22.7 Å². The molecule has 0 heterocycles. The van der Waals surface area contributed by atoms with E-state index in [4.69, 9.17) is 0 Å². The van der Waals surface area contributed by atoms with Crippen LogP contribution in [0.3, 0.4) is 0 Å². The van der Waals surface area contributed by atoms with Gasteiger partial charge in [-0.15, -0.1) is 18.1 Å². The fourth-order valence-electron chi connectivity index (χ4n) is 4.23. The number of benzene rings is 2. The first-order chi connectivity index (χ1) is 15.9. The van der Waals surface area contributed by atoms with Gasteiger partial charge in [0.15, 0.2) is 6.29 Å². The summed E-state index contributed by atoms with van der Waals surface area (Å²) in [7, 11) is 0. The van der Waals surface area contributed by atoms with Crippen molar-refractivity contribution >= 4 is 24.3 Å². The fraction of sp³-hybridized carbons (Fsp3) is 0.423. The van der Waals surface area contributed by atoms with Crippen LogP contribution in [0.5, 0.6) is 5.75 Å². The number of aryl methyl sites for hydroxylation is 1. The lowest BCUT2D eigenvalue weighted by atomic mass is 9.68. The molecule has 0 spiro atoms. The summed E-state index contributed by atoms with van der Waals surface area (Å²) in [5.41, 5.74) is 4.41. The van der Waals surface area contributed by atoms with E-state index < -0.39 is 6.36 Å². The molecule has 8 heteroatoms. The molecule has 0 bridgehead atoms. The number of hydrogen-bond donors (Lipinski definition) is 0. The SMILES string of the molecule is CC.Cc1cc2c(cc1-c1cc(/C=C(/C=O)SN=O)ccc1OC(F)(F)F)C(C)(C)CCC2C. The van der Waals surface area contributed by atoms with Crippen LogP contribution in [0.15, 0.2) is 39.8 Å². The van der Waals surface area contributed by atoms with Gasteiger partial charge in [-0.05, 0) is 83.2 Å². The van der Waals surface area contributed by atoms with Crippen molar-refractivity contribution in [3.63, 3.8) is 0 Å². The van der Waals surface area contributed by atoms with Crippen LogP contribution in [-0.4, -0.2) is 12.6 Å². The molecule has 2 aromatic carbocycles. The second kappa shape index (κ2) is 11.2. The average Bonchev–Trinajstić information content (AvgIpc) is 2.77. The maximum atomic E-state index is 13.1. The third kappa shape index (κ3) is 6.50. The number of nitrogens with zero attached hydrogens (tertiary/aromatic N) is 1. The lowest BCUT2D eigenvalue weighted by Gasteiger charge is -2.37. The number of alkyl halides is 3. The summed E-state index contributed by atoms with van der Waals surface area (Å²) in [6.07, 6.45) is -0.942. The van der Waals surface area contributed by atoms with Crippen LogP contribution < -0.4 is 4.74 Å². The van der Waals surface area contributed by atoms with Crippen molar-refractivity contribution in [3.8, 4) is 16.9 Å². The van der Waals surface area contributed by atoms with E-state index in [1.165, 1.54) is 29.8 Å². The lowest BCUT2D eigenvalue weighted by Crippen LogP contribution is -2.25. The van der Waals surface area contributed by atoms with Crippen molar-refractivity contribution in [2.45, 2.75) is 72.1 Å². The molecule has 0 saturated heterocycles. The summed E-state index contributed by atoms with van der Waals surface area (Å²) in [6.45, 7) is 12.3. The van der Waals surface area contributed by atoms with Crippen LogP contribution in [0.25, 0.3) is 17.2 Å². The van der Waals surface area contributed by atoms with Crippen LogP contribution >= 0.6 is 11.9 Å². The van der Waals surface area contributed by atoms with Gasteiger partial charge in [0, 0.05) is 10.1 Å². The molecule has 0 aromatic heterocycles. The Bertz CT molecular complexity index is 1080. The highest BCUT2D eigenvalue weighted by atomic mass is 32.2. The van der Waals surface area contributed by atoms with E-state index in [2.05, 4.69) is 36.2 Å². The van der Waals surface area contributed by atoms with Gasteiger partial charge in [-0.1, -0.05) is 46.8 Å². The number of allylic oxidation sites excluding steroid dienone is 1. The highest BCUT2D eigenvalue weighted by Crippen LogP contribution is 2.46. The zero-order chi connectivity index (χ0) is 25.7. The van der Waals surface area contributed by atoms with Crippen molar-refractivity contribution in [2.75, 3.05) is 0 Å². The summed E-state index contributed by atoms with van der Waals surface area (Å²) in [5, 5.41) is 0. The quantitative estimate of drug-likeness (QED) is 0.175.